The van der Waals surface area contributed by atoms with E-state index in [0.29, 0.717) is 29.6 Å². The van der Waals surface area contributed by atoms with Gasteiger partial charge in [-0.25, -0.2) is 0 Å². The van der Waals surface area contributed by atoms with Crippen molar-refractivity contribution in [1.82, 2.24) is 4.90 Å². The molecule has 6 heteroatoms. The number of aryl methyl sites for hydroxylation is 1. The second-order valence-electron chi connectivity index (χ2n) is 5.57. The number of nitrogens with one attached hydrogen (secondary N) is 1. The van der Waals surface area contributed by atoms with Crippen molar-refractivity contribution in [3.63, 3.8) is 0 Å². The van der Waals surface area contributed by atoms with Crippen LogP contribution in [0.5, 0.6) is 0 Å². The van der Waals surface area contributed by atoms with Crippen LogP contribution in [0.3, 0.4) is 0 Å². The van der Waals surface area contributed by atoms with Gasteiger partial charge in [0.2, 0.25) is 5.91 Å². The summed E-state index contributed by atoms with van der Waals surface area (Å²) in [5, 5.41) is 3.34. The second-order valence-corrected chi connectivity index (χ2v) is 5.98. The number of halogens is 1. The minimum absolute atomic E-state index is 0.110. The summed E-state index contributed by atoms with van der Waals surface area (Å²) in [6.07, 6.45) is 3.85. The van der Waals surface area contributed by atoms with Gasteiger partial charge in [0, 0.05) is 19.5 Å². The Balaban J connectivity index is 1.79. The Morgan fingerprint density at radius 2 is 2.09 bits per heavy atom. The number of aliphatic imine (C=N–C) groups is 1. The van der Waals surface area contributed by atoms with Gasteiger partial charge in [0.25, 0.3) is 0 Å². The van der Waals surface area contributed by atoms with Crippen molar-refractivity contribution in [3.8, 4) is 0 Å². The van der Waals surface area contributed by atoms with E-state index in [1.54, 1.807) is 6.07 Å². The van der Waals surface area contributed by atoms with Gasteiger partial charge in [0.05, 0.1) is 17.3 Å². The summed E-state index contributed by atoms with van der Waals surface area (Å²) >= 11 is 6.09. The van der Waals surface area contributed by atoms with E-state index in [9.17, 15) is 4.79 Å². The third kappa shape index (κ3) is 4.91. The molecule has 1 aliphatic heterocycles. The first kappa shape index (κ1) is 16.6. The lowest BCUT2D eigenvalue weighted by molar-refractivity contribution is -0.116. The predicted molar refractivity (Wildman–Crippen MR) is 91.3 cm³/mol. The van der Waals surface area contributed by atoms with E-state index in [1.807, 2.05) is 19.1 Å². The van der Waals surface area contributed by atoms with Gasteiger partial charge in [0.1, 0.15) is 0 Å². The van der Waals surface area contributed by atoms with Crippen molar-refractivity contribution in [3.05, 3.63) is 28.8 Å². The van der Waals surface area contributed by atoms with Crippen molar-refractivity contribution in [2.45, 2.75) is 32.6 Å². The molecule has 0 spiro atoms. The molecule has 0 unspecified atom stereocenters. The Morgan fingerprint density at radius 3 is 2.77 bits per heavy atom. The highest BCUT2D eigenvalue weighted by atomic mass is 35.5. The fourth-order valence-electron chi connectivity index (χ4n) is 2.43. The molecule has 0 atom stereocenters. The van der Waals surface area contributed by atoms with Crippen LogP contribution in [0.25, 0.3) is 0 Å². The topological polar surface area (TPSA) is 70.7 Å². The number of hydrogen-bond acceptors (Lipinski definition) is 2. The molecule has 5 nitrogen and oxygen atoms in total. The van der Waals surface area contributed by atoms with Crippen LogP contribution in [0.4, 0.5) is 5.69 Å². The van der Waals surface area contributed by atoms with Crippen molar-refractivity contribution in [1.29, 1.82) is 0 Å². The predicted octanol–water partition coefficient (Wildman–Crippen LogP) is 2.78. The number of amides is 1. The lowest BCUT2D eigenvalue weighted by atomic mass is 10.1. The molecule has 0 radical (unpaired) electrons. The number of carbonyl (C=O) groups is 1. The van der Waals surface area contributed by atoms with Gasteiger partial charge in [-0.2, -0.15) is 0 Å². The van der Waals surface area contributed by atoms with Crippen LogP contribution in [0.2, 0.25) is 5.02 Å². The molecule has 22 heavy (non-hydrogen) atoms. The van der Waals surface area contributed by atoms with E-state index in [0.717, 1.165) is 31.5 Å². The maximum atomic E-state index is 11.9. The Morgan fingerprint density at radius 1 is 1.36 bits per heavy atom. The average Bonchev–Trinajstić information content (AvgIpc) is 2.51. The number of nitrogens with zero attached hydrogens (tertiary/aromatic N) is 2. The zero-order valence-electron chi connectivity index (χ0n) is 12.9. The standard InChI is InChI=1S/C16H23ClN4O/c1-12-5-6-14(13(17)11-12)20-15(22)7-8-19-16(18)21-9-3-2-4-10-21/h5-6,11H,2-4,7-10H2,1H3,(H2,18,19)(H,20,22). The zero-order chi connectivity index (χ0) is 15.9. The van der Waals surface area contributed by atoms with E-state index in [-0.39, 0.29) is 5.91 Å². The van der Waals surface area contributed by atoms with Crippen LogP contribution >= 0.6 is 11.6 Å². The summed E-state index contributed by atoms with van der Waals surface area (Å²) in [6.45, 7) is 4.26. The van der Waals surface area contributed by atoms with Gasteiger partial charge in [-0.1, -0.05) is 17.7 Å². The SMILES string of the molecule is Cc1ccc(NC(=O)CCN=C(N)N2CCCCC2)c(Cl)c1. The number of benzene rings is 1. The Hall–Kier alpha value is -1.75. The molecule has 1 fully saturated rings. The molecule has 0 saturated carbocycles. The van der Waals surface area contributed by atoms with Crippen molar-refractivity contribution in [2.24, 2.45) is 10.7 Å². The summed E-state index contributed by atoms with van der Waals surface area (Å²) in [7, 11) is 0. The quantitative estimate of drug-likeness (QED) is 0.661. The van der Waals surface area contributed by atoms with Crippen molar-refractivity contribution in [2.75, 3.05) is 25.0 Å². The highest BCUT2D eigenvalue weighted by molar-refractivity contribution is 6.33. The molecule has 120 valence electrons. The molecule has 1 aliphatic rings. The van der Waals surface area contributed by atoms with E-state index in [2.05, 4.69) is 15.2 Å². The van der Waals surface area contributed by atoms with Crippen LogP contribution in [-0.4, -0.2) is 36.4 Å². The lowest BCUT2D eigenvalue weighted by Gasteiger charge is -2.27. The van der Waals surface area contributed by atoms with Crippen LogP contribution < -0.4 is 11.1 Å². The molecule has 0 bridgehead atoms. The summed E-state index contributed by atoms with van der Waals surface area (Å²) in [4.78, 5) is 18.3. The number of piperidine rings is 1. The van der Waals surface area contributed by atoms with Gasteiger partial charge in [-0.3, -0.25) is 9.79 Å². The van der Waals surface area contributed by atoms with Gasteiger partial charge in [0.15, 0.2) is 5.96 Å². The largest absolute Gasteiger partial charge is 0.370 e. The first-order chi connectivity index (χ1) is 10.6. The lowest BCUT2D eigenvalue weighted by Crippen LogP contribution is -2.41. The molecule has 3 N–H and O–H groups in total. The molecule has 1 aromatic carbocycles. The van der Waals surface area contributed by atoms with E-state index >= 15 is 0 Å². The molecular weight excluding hydrogens is 300 g/mol. The van der Waals surface area contributed by atoms with Gasteiger partial charge in [-0.05, 0) is 43.9 Å². The molecule has 0 aliphatic carbocycles. The number of rotatable bonds is 4. The normalized spacial score (nSPS) is 15.7. The van der Waals surface area contributed by atoms with Crippen LogP contribution in [-0.2, 0) is 4.79 Å². The fourth-order valence-corrected chi connectivity index (χ4v) is 2.71. The molecule has 1 heterocycles. The van der Waals surface area contributed by atoms with Crippen molar-refractivity contribution < 1.29 is 4.79 Å². The van der Waals surface area contributed by atoms with Crippen LogP contribution in [0.1, 0.15) is 31.2 Å². The van der Waals surface area contributed by atoms with Gasteiger partial charge in [-0.15, -0.1) is 0 Å². The van der Waals surface area contributed by atoms with Crippen LogP contribution in [0.15, 0.2) is 23.2 Å². The summed E-state index contributed by atoms with van der Waals surface area (Å²) in [6, 6.07) is 5.54. The second kappa shape index (κ2) is 8.03. The van der Waals surface area contributed by atoms with E-state index in [4.69, 9.17) is 17.3 Å². The molecule has 1 saturated heterocycles. The fraction of sp³-hybridized carbons (Fsp3) is 0.500. The molecule has 1 amide bonds. The third-order valence-electron chi connectivity index (χ3n) is 3.69. The number of nitrogens with two attached hydrogens (primary N) is 1. The maximum absolute atomic E-state index is 11.9. The number of anilines is 1. The minimum Gasteiger partial charge on any atom is -0.370 e. The van der Waals surface area contributed by atoms with E-state index < -0.39 is 0 Å². The number of likely N-dealkylation sites (tertiary alicyclic amines) is 1. The van der Waals surface area contributed by atoms with Gasteiger partial charge >= 0.3 is 0 Å². The maximum Gasteiger partial charge on any atom is 0.226 e. The molecule has 1 aromatic rings. The number of hydrogen-bond donors (Lipinski definition) is 2. The molecule has 2 rings (SSSR count). The Kier molecular flexibility index (Phi) is 6.07. The number of guanidine groups is 1. The summed E-state index contributed by atoms with van der Waals surface area (Å²) in [5.41, 5.74) is 7.64. The highest BCUT2D eigenvalue weighted by Crippen LogP contribution is 2.22. The zero-order valence-corrected chi connectivity index (χ0v) is 13.7. The first-order valence-corrected chi connectivity index (χ1v) is 8.05. The third-order valence-corrected chi connectivity index (χ3v) is 4.00. The molecular formula is C16H23ClN4O. The first-order valence-electron chi connectivity index (χ1n) is 7.67. The van der Waals surface area contributed by atoms with Crippen LogP contribution in [0, 0.1) is 6.92 Å². The summed E-state index contributed by atoms with van der Waals surface area (Å²) < 4.78 is 0. The smallest absolute Gasteiger partial charge is 0.226 e. The minimum atomic E-state index is -0.110. The Bertz CT molecular complexity index is 553. The monoisotopic (exact) mass is 322 g/mol. The Labute approximate surface area is 136 Å². The van der Waals surface area contributed by atoms with E-state index in [1.165, 1.54) is 6.42 Å². The van der Waals surface area contributed by atoms with Gasteiger partial charge < -0.3 is 16.0 Å². The van der Waals surface area contributed by atoms with Crippen molar-refractivity contribution >= 4 is 29.2 Å². The highest BCUT2D eigenvalue weighted by Gasteiger charge is 2.12. The average molecular weight is 323 g/mol. The number of carbonyl (C=O) groups excluding carboxylic acids is 1. The molecule has 0 aromatic heterocycles. The summed E-state index contributed by atoms with van der Waals surface area (Å²) in [5.74, 6) is 0.432.